The third-order valence-electron chi connectivity index (χ3n) is 4.20. The number of quaternary nitrogens is 1. The summed E-state index contributed by atoms with van der Waals surface area (Å²) >= 11 is 9.19. The van der Waals surface area contributed by atoms with Crippen LogP contribution >= 0.6 is 34.3 Å². The number of rotatable bonds is 6. The molecule has 2 atom stereocenters. The molecule has 0 aliphatic rings. The molecule has 0 fully saturated rings. The smallest absolute Gasteiger partial charge is 0.278 e. The number of likely N-dealkylation sites (N-methyl/N-ethyl adjacent to an activating group) is 2. The third kappa shape index (κ3) is 4.39. The molecule has 7 heteroatoms. The lowest BCUT2D eigenvalue weighted by Gasteiger charge is -2.24. The molecule has 1 amide bonds. The van der Waals surface area contributed by atoms with Gasteiger partial charge in [0.15, 0.2) is 6.54 Å². The number of hydrogen-bond acceptors (Lipinski definition) is 4. The molecule has 0 radical (unpaired) electrons. The van der Waals surface area contributed by atoms with Gasteiger partial charge in [-0.25, -0.2) is 4.98 Å². The van der Waals surface area contributed by atoms with Crippen LogP contribution in [0, 0.1) is 0 Å². The van der Waals surface area contributed by atoms with Gasteiger partial charge in [0.1, 0.15) is 11.6 Å². The minimum absolute atomic E-state index is 0.0334. The van der Waals surface area contributed by atoms with Gasteiger partial charge < -0.3 is 9.80 Å². The summed E-state index contributed by atoms with van der Waals surface area (Å²) in [6, 6.07) is 12.0. The van der Waals surface area contributed by atoms with Crippen LogP contribution in [0.5, 0.6) is 0 Å². The number of carbonyl (C=O) groups is 1. The maximum atomic E-state index is 12.6. The molecule has 3 aromatic rings. The number of amides is 1. The molecule has 2 aromatic heterocycles. The topological polar surface area (TPSA) is 37.6 Å². The SMILES string of the molecule is C[C@H](c1nc2ccccc2s1)N(C)C(=O)C[NH+](C)Cc1ccc(Cl)s1. The Hall–Kier alpha value is -1.47. The molecule has 2 heterocycles. The maximum absolute atomic E-state index is 12.6. The summed E-state index contributed by atoms with van der Waals surface area (Å²) in [4.78, 5) is 21.4. The largest absolute Gasteiger partial charge is 0.332 e. The van der Waals surface area contributed by atoms with Crippen LogP contribution in [0.15, 0.2) is 36.4 Å². The number of thiophene rings is 1. The summed E-state index contributed by atoms with van der Waals surface area (Å²) in [6.45, 7) is 3.28. The Bertz CT molecular complexity index is 843. The quantitative estimate of drug-likeness (QED) is 0.696. The van der Waals surface area contributed by atoms with Gasteiger partial charge in [-0.15, -0.1) is 22.7 Å². The van der Waals surface area contributed by atoms with Crippen molar-refractivity contribution >= 4 is 50.4 Å². The first-order chi connectivity index (χ1) is 11.9. The van der Waals surface area contributed by atoms with E-state index >= 15 is 0 Å². The molecule has 1 unspecified atom stereocenters. The van der Waals surface area contributed by atoms with Crippen molar-refractivity contribution in [3.8, 4) is 0 Å². The lowest BCUT2D eigenvalue weighted by Crippen LogP contribution is -3.08. The van der Waals surface area contributed by atoms with E-state index in [1.807, 2.05) is 51.4 Å². The van der Waals surface area contributed by atoms with Crippen LogP contribution in [0.25, 0.3) is 10.2 Å². The second-order valence-electron chi connectivity index (χ2n) is 6.22. The fourth-order valence-corrected chi connectivity index (χ4v) is 4.90. The zero-order valence-corrected chi connectivity index (χ0v) is 16.8. The zero-order chi connectivity index (χ0) is 18.0. The Morgan fingerprint density at radius 2 is 2.04 bits per heavy atom. The van der Waals surface area contributed by atoms with Crippen LogP contribution < -0.4 is 4.90 Å². The minimum Gasteiger partial charge on any atom is -0.332 e. The second-order valence-corrected chi connectivity index (χ2v) is 9.08. The number of hydrogen-bond donors (Lipinski definition) is 1. The first-order valence-electron chi connectivity index (χ1n) is 8.10. The summed E-state index contributed by atoms with van der Waals surface area (Å²) in [5.74, 6) is 0.118. The van der Waals surface area contributed by atoms with Crippen LogP contribution in [0.2, 0.25) is 4.34 Å². The van der Waals surface area contributed by atoms with Crippen molar-refractivity contribution < 1.29 is 9.69 Å². The number of carbonyl (C=O) groups excluding carboxylic acids is 1. The van der Waals surface area contributed by atoms with Gasteiger partial charge in [0, 0.05) is 7.05 Å². The number of halogens is 1. The average Bonchev–Trinajstić information content (AvgIpc) is 3.19. The molecular weight excluding hydrogens is 374 g/mol. The second kappa shape index (κ2) is 7.83. The molecule has 0 spiro atoms. The Morgan fingerprint density at radius 3 is 2.72 bits per heavy atom. The fraction of sp³-hybridized carbons (Fsp3) is 0.333. The molecule has 0 saturated carbocycles. The lowest BCUT2D eigenvalue weighted by molar-refractivity contribution is -0.885. The Balaban J connectivity index is 1.62. The van der Waals surface area contributed by atoms with Gasteiger partial charge in [0.05, 0.1) is 32.5 Å². The summed E-state index contributed by atoms with van der Waals surface area (Å²) in [5, 5.41) is 0.972. The Kier molecular flexibility index (Phi) is 5.74. The molecule has 1 aromatic carbocycles. The van der Waals surface area contributed by atoms with Gasteiger partial charge in [0.25, 0.3) is 5.91 Å². The van der Waals surface area contributed by atoms with Crippen molar-refractivity contribution in [3.63, 3.8) is 0 Å². The number of benzene rings is 1. The van der Waals surface area contributed by atoms with Crippen molar-refractivity contribution in [3.05, 3.63) is 50.6 Å². The standard InChI is InChI=1S/C18H20ClN3OS2/c1-12(18-20-14-6-4-5-7-15(14)25-18)22(3)17(23)11-21(2)10-13-8-9-16(19)24-13/h4-9,12H,10-11H2,1-3H3/p+1/t12-/m1/s1. The van der Waals surface area contributed by atoms with Gasteiger partial charge in [-0.1, -0.05) is 23.7 Å². The van der Waals surface area contributed by atoms with Gasteiger partial charge in [0.2, 0.25) is 0 Å². The number of nitrogens with zero attached hydrogens (tertiary/aromatic N) is 2. The highest BCUT2D eigenvalue weighted by molar-refractivity contribution is 7.18. The van der Waals surface area contributed by atoms with Crippen molar-refractivity contribution in [2.75, 3.05) is 20.6 Å². The van der Waals surface area contributed by atoms with Crippen LogP contribution in [0.4, 0.5) is 0 Å². The highest BCUT2D eigenvalue weighted by atomic mass is 35.5. The van der Waals surface area contributed by atoms with Crippen LogP contribution in [0.3, 0.4) is 0 Å². The monoisotopic (exact) mass is 394 g/mol. The molecular formula is C18H21ClN3OS2+. The van der Waals surface area contributed by atoms with E-state index in [4.69, 9.17) is 11.6 Å². The summed E-state index contributed by atoms with van der Waals surface area (Å²) < 4.78 is 1.94. The normalized spacial score (nSPS) is 13.8. The molecule has 0 saturated heterocycles. The van der Waals surface area contributed by atoms with Crippen molar-refractivity contribution in [2.24, 2.45) is 0 Å². The van der Waals surface area contributed by atoms with Gasteiger partial charge in [-0.2, -0.15) is 0 Å². The van der Waals surface area contributed by atoms with E-state index in [1.165, 1.54) is 4.88 Å². The number of fused-ring (bicyclic) bond motifs is 1. The van der Waals surface area contributed by atoms with E-state index in [9.17, 15) is 4.79 Å². The first-order valence-corrected chi connectivity index (χ1v) is 10.1. The van der Waals surface area contributed by atoms with Gasteiger partial charge in [-0.3, -0.25) is 4.79 Å². The minimum atomic E-state index is -0.0334. The molecule has 1 N–H and O–H groups in total. The number of thiazole rings is 1. The molecule has 0 bridgehead atoms. The lowest BCUT2D eigenvalue weighted by atomic mass is 10.3. The number of aromatic nitrogens is 1. The maximum Gasteiger partial charge on any atom is 0.278 e. The highest BCUT2D eigenvalue weighted by Crippen LogP contribution is 2.28. The van der Waals surface area contributed by atoms with Crippen LogP contribution in [0.1, 0.15) is 22.9 Å². The van der Waals surface area contributed by atoms with E-state index in [2.05, 4.69) is 11.1 Å². The van der Waals surface area contributed by atoms with Crippen molar-refractivity contribution in [1.82, 2.24) is 9.88 Å². The molecule has 25 heavy (non-hydrogen) atoms. The number of para-hydroxylation sites is 1. The molecule has 0 aliphatic heterocycles. The average molecular weight is 395 g/mol. The van der Waals surface area contributed by atoms with Crippen LogP contribution in [-0.2, 0) is 11.3 Å². The van der Waals surface area contributed by atoms with E-state index in [1.54, 1.807) is 27.6 Å². The van der Waals surface area contributed by atoms with Crippen molar-refractivity contribution in [2.45, 2.75) is 19.5 Å². The first kappa shape index (κ1) is 18.3. The molecule has 0 aliphatic carbocycles. The van der Waals surface area contributed by atoms with E-state index < -0.39 is 0 Å². The molecule has 3 rings (SSSR count). The van der Waals surface area contributed by atoms with Gasteiger partial charge >= 0.3 is 0 Å². The predicted octanol–water partition coefficient (Wildman–Crippen LogP) is 3.25. The zero-order valence-electron chi connectivity index (χ0n) is 14.5. The summed E-state index contributed by atoms with van der Waals surface area (Å²) in [5.41, 5.74) is 0.993. The Labute approximate surface area is 160 Å². The van der Waals surface area contributed by atoms with Crippen molar-refractivity contribution in [1.29, 1.82) is 0 Å². The Morgan fingerprint density at radius 1 is 1.28 bits per heavy atom. The van der Waals surface area contributed by atoms with E-state index in [0.717, 1.165) is 31.0 Å². The summed E-state index contributed by atoms with van der Waals surface area (Å²) in [7, 11) is 3.88. The molecule has 4 nitrogen and oxygen atoms in total. The van der Waals surface area contributed by atoms with E-state index in [0.29, 0.717) is 6.54 Å². The highest BCUT2D eigenvalue weighted by Gasteiger charge is 2.23. The van der Waals surface area contributed by atoms with E-state index in [-0.39, 0.29) is 11.9 Å². The number of nitrogens with one attached hydrogen (secondary N) is 1. The predicted molar refractivity (Wildman–Crippen MR) is 106 cm³/mol. The third-order valence-corrected chi connectivity index (χ3v) is 6.64. The molecule has 132 valence electrons. The fourth-order valence-electron chi connectivity index (χ4n) is 2.64. The summed E-state index contributed by atoms with van der Waals surface area (Å²) in [6.07, 6.45) is 0. The van der Waals surface area contributed by atoms with Gasteiger partial charge in [-0.05, 0) is 31.2 Å². The van der Waals surface area contributed by atoms with Crippen LogP contribution in [-0.4, -0.2) is 36.4 Å².